The molecule has 0 unspecified atom stereocenters. The Hall–Kier alpha value is -0.230. The molecule has 0 heterocycles. The van der Waals surface area contributed by atoms with E-state index in [-0.39, 0.29) is 6.42 Å². The van der Waals surface area contributed by atoms with Crippen molar-refractivity contribution in [2.75, 3.05) is 18.3 Å². The van der Waals surface area contributed by atoms with E-state index < -0.39 is 15.9 Å². The number of hydrogen-bond donors (Lipinski definition) is 1. The minimum absolute atomic E-state index is 0.272. The molecule has 1 N–H and O–H groups in total. The van der Waals surface area contributed by atoms with Crippen LogP contribution in [-0.4, -0.2) is 32.6 Å². The molecule has 0 saturated heterocycles. The molecule has 1 amide bonds. The van der Waals surface area contributed by atoms with Gasteiger partial charge in [0.15, 0.2) is 0 Å². The van der Waals surface area contributed by atoms with Crippen molar-refractivity contribution in [1.82, 2.24) is 4.72 Å². The molecule has 0 aliphatic carbocycles. The molecular formula is C6H13NO3S2. The second-order valence-corrected chi connectivity index (χ2v) is 5.13. The van der Waals surface area contributed by atoms with Crippen LogP contribution in [0.4, 0.5) is 0 Å². The van der Waals surface area contributed by atoms with Crippen molar-refractivity contribution < 1.29 is 13.2 Å². The minimum Gasteiger partial charge on any atom is -0.274 e. The molecule has 0 saturated carbocycles. The lowest BCUT2D eigenvalue weighted by molar-refractivity contribution is -0.119. The van der Waals surface area contributed by atoms with Gasteiger partial charge in [0, 0.05) is 6.42 Å². The molecular weight excluding hydrogens is 198 g/mol. The van der Waals surface area contributed by atoms with Crippen LogP contribution < -0.4 is 4.72 Å². The van der Waals surface area contributed by atoms with Gasteiger partial charge in [-0.25, -0.2) is 8.42 Å². The molecule has 0 aromatic heterocycles. The molecule has 0 rings (SSSR count). The van der Waals surface area contributed by atoms with E-state index in [0.29, 0.717) is 6.42 Å². The van der Waals surface area contributed by atoms with Gasteiger partial charge in [0.1, 0.15) is 0 Å². The summed E-state index contributed by atoms with van der Waals surface area (Å²) in [5.74, 6) is 0.448. The Kier molecular flexibility index (Phi) is 5.32. The summed E-state index contributed by atoms with van der Waals surface area (Å²) in [5, 5.41) is 0. The summed E-state index contributed by atoms with van der Waals surface area (Å²) in [5.41, 5.74) is 0. The zero-order chi connectivity index (χ0) is 9.61. The van der Waals surface area contributed by atoms with Gasteiger partial charge in [0.2, 0.25) is 15.9 Å². The SMILES string of the molecule is CSCCCC(=O)NS(C)(=O)=O. The van der Waals surface area contributed by atoms with Crippen LogP contribution in [0.3, 0.4) is 0 Å². The van der Waals surface area contributed by atoms with Gasteiger partial charge in [-0.3, -0.25) is 9.52 Å². The summed E-state index contributed by atoms with van der Waals surface area (Å²) >= 11 is 1.63. The van der Waals surface area contributed by atoms with Crippen molar-refractivity contribution in [2.45, 2.75) is 12.8 Å². The molecule has 0 bridgehead atoms. The first-order valence-electron chi connectivity index (χ1n) is 3.45. The number of amides is 1. The second kappa shape index (κ2) is 5.42. The average Bonchev–Trinajstić information content (AvgIpc) is 1.84. The molecule has 0 aromatic rings. The van der Waals surface area contributed by atoms with Crippen molar-refractivity contribution in [1.29, 1.82) is 0 Å². The highest BCUT2D eigenvalue weighted by Gasteiger charge is 2.06. The molecule has 4 nitrogen and oxygen atoms in total. The van der Waals surface area contributed by atoms with Crippen LogP contribution in [0.1, 0.15) is 12.8 Å². The van der Waals surface area contributed by atoms with E-state index in [2.05, 4.69) is 0 Å². The van der Waals surface area contributed by atoms with Gasteiger partial charge in [-0.15, -0.1) is 0 Å². The highest BCUT2D eigenvalue weighted by molar-refractivity contribution is 7.98. The number of rotatable bonds is 5. The van der Waals surface area contributed by atoms with Crippen molar-refractivity contribution in [3.63, 3.8) is 0 Å². The number of nitrogens with one attached hydrogen (secondary N) is 1. The Morgan fingerprint density at radius 2 is 2.08 bits per heavy atom. The van der Waals surface area contributed by atoms with Crippen molar-refractivity contribution in [3.05, 3.63) is 0 Å². The fourth-order valence-corrected chi connectivity index (χ4v) is 1.58. The van der Waals surface area contributed by atoms with Crippen LogP contribution in [0.5, 0.6) is 0 Å². The summed E-state index contributed by atoms with van der Waals surface area (Å²) in [7, 11) is -3.37. The fraction of sp³-hybridized carbons (Fsp3) is 0.833. The van der Waals surface area contributed by atoms with Gasteiger partial charge in [-0.2, -0.15) is 11.8 Å². The summed E-state index contributed by atoms with van der Waals surface area (Å²) < 4.78 is 23.0. The Morgan fingerprint density at radius 1 is 1.50 bits per heavy atom. The lowest BCUT2D eigenvalue weighted by Gasteiger charge is -2.00. The van der Waals surface area contributed by atoms with E-state index in [0.717, 1.165) is 12.0 Å². The first-order chi connectivity index (χ1) is 5.45. The van der Waals surface area contributed by atoms with E-state index >= 15 is 0 Å². The highest BCUT2D eigenvalue weighted by atomic mass is 32.2. The zero-order valence-corrected chi connectivity index (χ0v) is 8.80. The van der Waals surface area contributed by atoms with Crippen molar-refractivity contribution in [3.8, 4) is 0 Å². The quantitative estimate of drug-likeness (QED) is 0.660. The van der Waals surface area contributed by atoms with Gasteiger partial charge in [-0.05, 0) is 18.4 Å². The molecule has 72 valence electrons. The van der Waals surface area contributed by atoms with E-state index in [9.17, 15) is 13.2 Å². The monoisotopic (exact) mass is 211 g/mol. The lowest BCUT2D eigenvalue weighted by Crippen LogP contribution is -2.29. The van der Waals surface area contributed by atoms with Crippen LogP contribution >= 0.6 is 11.8 Å². The second-order valence-electron chi connectivity index (χ2n) is 2.39. The summed E-state index contributed by atoms with van der Waals surface area (Å²) in [6.07, 6.45) is 3.89. The van der Waals surface area contributed by atoms with Gasteiger partial charge in [-0.1, -0.05) is 0 Å². The van der Waals surface area contributed by atoms with Gasteiger partial charge >= 0.3 is 0 Å². The third kappa shape index (κ3) is 7.87. The van der Waals surface area contributed by atoms with Crippen LogP contribution in [-0.2, 0) is 14.8 Å². The molecule has 0 aromatic carbocycles. The molecule has 6 heteroatoms. The van der Waals surface area contributed by atoms with Crippen molar-refractivity contribution in [2.24, 2.45) is 0 Å². The van der Waals surface area contributed by atoms with Crippen LogP contribution in [0, 0.1) is 0 Å². The van der Waals surface area contributed by atoms with Gasteiger partial charge in [0.25, 0.3) is 0 Å². The molecule has 0 aliphatic heterocycles. The zero-order valence-electron chi connectivity index (χ0n) is 7.16. The topological polar surface area (TPSA) is 63.2 Å². The fourth-order valence-electron chi connectivity index (χ4n) is 0.635. The smallest absolute Gasteiger partial charge is 0.233 e. The van der Waals surface area contributed by atoms with E-state index in [1.807, 2.05) is 11.0 Å². The first-order valence-corrected chi connectivity index (χ1v) is 6.74. The van der Waals surface area contributed by atoms with E-state index in [1.165, 1.54) is 0 Å². The van der Waals surface area contributed by atoms with E-state index in [4.69, 9.17) is 0 Å². The van der Waals surface area contributed by atoms with E-state index in [1.54, 1.807) is 11.8 Å². The van der Waals surface area contributed by atoms with Crippen LogP contribution in [0.2, 0.25) is 0 Å². The summed E-state index contributed by atoms with van der Waals surface area (Å²) in [6.45, 7) is 0. The number of sulfonamides is 1. The van der Waals surface area contributed by atoms with Crippen LogP contribution in [0.25, 0.3) is 0 Å². The Morgan fingerprint density at radius 3 is 2.50 bits per heavy atom. The molecule has 0 atom stereocenters. The third-order valence-corrected chi connectivity index (χ3v) is 2.35. The predicted octanol–water partition coefficient (Wildman–Crippen LogP) is 0.205. The first kappa shape index (κ1) is 11.8. The van der Waals surface area contributed by atoms with Crippen LogP contribution in [0.15, 0.2) is 0 Å². The van der Waals surface area contributed by atoms with Crippen molar-refractivity contribution >= 4 is 27.7 Å². The maximum absolute atomic E-state index is 10.8. The number of carbonyl (C=O) groups is 1. The largest absolute Gasteiger partial charge is 0.274 e. The summed E-state index contributed by atoms with van der Waals surface area (Å²) in [6, 6.07) is 0. The molecule has 12 heavy (non-hydrogen) atoms. The standard InChI is InChI=1S/C6H13NO3S2/c1-11-5-3-4-6(8)7-12(2,9)10/h3-5H2,1-2H3,(H,7,8). The Labute approximate surface area is 77.2 Å². The molecule has 0 radical (unpaired) electrons. The number of thioether (sulfide) groups is 1. The van der Waals surface area contributed by atoms with Gasteiger partial charge < -0.3 is 0 Å². The summed E-state index contributed by atoms with van der Waals surface area (Å²) in [4.78, 5) is 10.8. The predicted molar refractivity (Wildman–Crippen MR) is 50.6 cm³/mol. The number of hydrogen-bond acceptors (Lipinski definition) is 4. The maximum atomic E-state index is 10.8. The molecule has 0 aliphatic rings. The molecule has 0 spiro atoms. The van der Waals surface area contributed by atoms with Gasteiger partial charge in [0.05, 0.1) is 6.26 Å². The highest BCUT2D eigenvalue weighted by Crippen LogP contribution is 1.98. The normalized spacial score (nSPS) is 11.2. The average molecular weight is 211 g/mol. The minimum atomic E-state index is -3.37. The maximum Gasteiger partial charge on any atom is 0.233 e. The lowest BCUT2D eigenvalue weighted by atomic mass is 10.3. The third-order valence-electron chi connectivity index (χ3n) is 1.05. The Balaban J connectivity index is 3.62. The number of carbonyl (C=O) groups excluding carboxylic acids is 1. The Bertz CT molecular complexity index is 235. The molecule has 0 fully saturated rings.